The summed E-state index contributed by atoms with van der Waals surface area (Å²) < 4.78 is 42.0. The number of aliphatic imine (C=N–C) groups is 1. The summed E-state index contributed by atoms with van der Waals surface area (Å²) in [4.78, 5) is 20.8. The quantitative estimate of drug-likeness (QED) is 0.554. The molecule has 2 heterocycles. The Morgan fingerprint density at radius 2 is 1.94 bits per heavy atom. The van der Waals surface area contributed by atoms with Gasteiger partial charge in [0.2, 0.25) is 0 Å². The average molecular weight is 456 g/mol. The van der Waals surface area contributed by atoms with Gasteiger partial charge in [-0.3, -0.25) is 0 Å². The van der Waals surface area contributed by atoms with Gasteiger partial charge < -0.3 is 10.1 Å². The molecule has 0 fully saturated rings. The van der Waals surface area contributed by atoms with Crippen molar-refractivity contribution < 1.29 is 22.7 Å². The molecule has 162 valence electrons. The van der Waals surface area contributed by atoms with Crippen LogP contribution in [0.25, 0.3) is 11.3 Å². The van der Waals surface area contributed by atoms with E-state index in [1.807, 2.05) is 5.38 Å². The van der Waals surface area contributed by atoms with Crippen LogP contribution in [0.2, 0.25) is 0 Å². The van der Waals surface area contributed by atoms with Gasteiger partial charge in [0.25, 0.3) is 0 Å². The van der Waals surface area contributed by atoms with Crippen molar-refractivity contribution in [2.75, 3.05) is 0 Å². The lowest BCUT2D eigenvalue weighted by Crippen LogP contribution is -2.38. The summed E-state index contributed by atoms with van der Waals surface area (Å²) in [6.07, 6.45) is -4.82. The monoisotopic (exact) mass is 456 g/mol. The number of alkyl halides is 3. The fourth-order valence-electron chi connectivity index (χ4n) is 3.50. The first-order chi connectivity index (χ1) is 15.2. The zero-order valence-electron chi connectivity index (χ0n) is 16.6. The number of urea groups is 1. The molecule has 0 bridgehead atoms. The number of rotatable bonds is 4. The molecule has 32 heavy (non-hydrogen) atoms. The van der Waals surface area contributed by atoms with Crippen LogP contribution in [0.15, 0.2) is 58.9 Å². The van der Waals surface area contributed by atoms with E-state index in [1.165, 1.54) is 29.5 Å². The third-order valence-electron chi connectivity index (χ3n) is 4.89. The standard InChI is InChI=1S/C22H15F3N4O2S/c1-12-18(20-28-17(11-32-20)14-7-5-13(10-26)6-8-14)19(29-21(30)27-12)15-3-2-4-16(9-15)31-22(23,24)25/h2-9,11,18-19H,1H3,(H,29,30). The maximum atomic E-state index is 12.7. The zero-order chi connectivity index (χ0) is 22.9. The zero-order valence-corrected chi connectivity index (χ0v) is 17.4. The molecule has 1 aliphatic rings. The topological polar surface area (TPSA) is 87.4 Å². The second-order valence-corrected chi connectivity index (χ2v) is 7.93. The molecule has 1 aliphatic heterocycles. The van der Waals surface area contributed by atoms with E-state index < -0.39 is 24.4 Å². The van der Waals surface area contributed by atoms with Gasteiger partial charge in [0.05, 0.1) is 29.3 Å². The smallest absolute Gasteiger partial charge is 0.406 e. The Morgan fingerprint density at radius 1 is 1.19 bits per heavy atom. The van der Waals surface area contributed by atoms with E-state index >= 15 is 0 Å². The van der Waals surface area contributed by atoms with Gasteiger partial charge >= 0.3 is 12.4 Å². The molecule has 1 N–H and O–H groups in total. The summed E-state index contributed by atoms with van der Waals surface area (Å²) in [6, 6.07) is 13.3. The molecule has 6 nitrogen and oxygen atoms in total. The molecule has 0 saturated carbocycles. The highest BCUT2D eigenvalue weighted by Crippen LogP contribution is 2.39. The van der Waals surface area contributed by atoms with Crippen molar-refractivity contribution >= 4 is 23.1 Å². The number of nitrogens with zero attached hydrogens (tertiary/aromatic N) is 3. The molecule has 2 aromatic carbocycles. The SMILES string of the molecule is CC1=NC(=O)NC(c2cccc(OC(F)(F)F)c2)C1c1nc(-c2ccc(C#N)cc2)cs1. The highest BCUT2D eigenvalue weighted by atomic mass is 32.1. The van der Waals surface area contributed by atoms with Crippen molar-refractivity contribution in [3.05, 3.63) is 70.0 Å². The molecule has 1 aromatic heterocycles. The first-order valence-corrected chi connectivity index (χ1v) is 10.3. The summed E-state index contributed by atoms with van der Waals surface area (Å²) in [5.41, 5.74) is 2.98. The Bertz CT molecular complexity index is 1230. The number of ether oxygens (including phenoxy) is 1. The maximum absolute atomic E-state index is 12.7. The van der Waals surface area contributed by atoms with Gasteiger partial charge in [0.1, 0.15) is 10.8 Å². The van der Waals surface area contributed by atoms with Crippen molar-refractivity contribution in [2.24, 2.45) is 4.99 Å². The molecule has 2 unspecified atom stereocenters. The fraction of sp³-hybridized carbons (Fsp3) is 0.182. The number of aromatic nitrogens is 1. The summed E-state index contributed by atoms with van der Waals surface area (Å²) in [5.74, 6) is -0.841. The molecular formula is C22H15F3N4O2S. The normalized spacial score (nSPS) is 18.5. The Hall–Kier alpha value is -3.71. The summed E-state index contributed by atoms with van der Waals surface area (Å²) in [6.45, 7) is 1.69. The first kappa shape index (κ1) is 21.5. The Morgan fingerprint density at radius 3 is 2.62 bits per heavy atom. The molecule has 2 atom stereocenters. The number of nitriles is 1. The molecule has 10 heteroatoms. The first-order valence-electron chi connectivity index (χ1n) is 9.41. The lowest BCUT2D eigenvalue weighted by atomic mass is 9.88. The minimum Gasteiger partial charge on any atom is -0.406 e. The third-order valence-corrected chi connectivity index (χ3v) is 5.82. The summed E-state index contributed by atoms with van der Waals surface area (Å²) >= 11 is 1.36. The second kappa shape index (κ2) is 8.43. The van der Waals surface area contributed by atoms with Crippen LogP contribution in [0.5, 0.6) is 5.75 Å². The van der Waals surface area contributed by atoms with Crippen molar-refractivity contribution in [2.45, 2.75) is 25.2 Å². The largest absolute Gasteiger partial charge is 0.573 e. The lowest BCUT2D eigenvalue weighted by molar-refractivity contribution is -0.274. The van der Waals surface area contributed by atoms with E-state index in [2.05, 4.69) is 26.1 Å². The number of halogens is 3. The fourth-order valence-corrected chi connectivity index (χ4v) is 4.53. The number of amides is 2. The number of benzene rings is 2. The number of carbonyl (C=O) groups is 1. The van der Waals surface area contributed by atoms with E-state index in [1.54, 1.807) is 37.3 Å². The van der Waals surface area contributed by atoms with Crippen LogP contribution in [0.4, 0.5) is 18.0 Å². The molecule has 0 spiro atoms. The minimum absolute atomic E-state index is 0.374. The van der Waals surface area contributed by atoms with Gasteiger partial charge in [0, 0.05) is 16.7 Å². The molecule has 0 radical (unpaired) electrons. The van der Waals surface area contributed by atoms with Crippen molar-refractivity contribution in [3.8, 4) is 23.1 Å². The van der Waals surface area contributed by atoms with Crippen LogP contribution < -0.4 is 10.1 Å². The van der Waals surface area contributed by atoms with Crippen LogP contribution in [-0.2, 0) is 0 Å². The van der Waals surface area contributed by atoms with Crippen LogP contribution >= 0.6 is 11.3 Å². The van der Waals surface area contributed by atoms with Gasteiger partial charge in [0.15, 0.2) is 0 Å². The lowest BCUT2D eigenvalue weighted by Gasteiger charge is -2.30. The number of hydrogen-bond acceptors (Lipinski definition) is 5. The minimum atomic E-state index is -4.82. The van der Waals surface area contributed by atoms with E-state index in [9.17, 15) is 18.0 Å². The van der Waals surface area contributed by atoms with Crippen LogP contribution in [0.3, 0.4) is 0 Å². The molecule has 4 rings (SSSR count). The molecule has 0 saturated heterocycles. The van der Waals surface area contributed by atoms with Gasteiger partial charge in [-0.05, 0) is 36.8 Å². The van der Waals surface area contributed by atoms with E-state index in [0.717, 1.165) is 5.56 Å². The number of thiazole rings is 1. The highest BCUT2D eigenvalue weighted by Gasteiger charge is 2.36. The summed E-state index contributed by atoms with van der Waals surface area (Å²) in [7, 11) is 0. The van der Waals surface area contributed by atoms with Crippen molar-refractivity contribution in [1.82, 2.24) is 10.3 Å². The number of hydrogen-bond donors (Lipinski definition) is 1. The number of nitrogens with one attached hydrogen (secondary N) is 1. The second-order valence-electron chi connectivity index (χ2n) is 7.04. The summed E-state index contributed by atoms with van der Waals surface area (Å²) in [5, 5.41) is 14.2. The molecule has 3 aromatic rings. The van der Waals surface area contributed by atoms with Gasteiger partial charge in [-0.25, -0.2) is 14.8 Å². The van der Waals surface area contributed by atoms with Crippen molar-refractivity contribution in [3.63, 3.8) is 0 Å². The van der Waals surface area contributed by atoms with Gasteiger partial charge in [-0.15, -0.1) is 24.5 Å². The van der Waals surface area contributed by atoms with E-state index in [-0.39, 0.29) is 5.75 Å². The Kier molecular flexibility index (Phi) is 5.67. The molecule has 2 amide bonds. The predicted molar refractivity (Wildman–Crippen MR) is 113 cm³/mol. The van der Waals surface area contributed by atoms with E-state index in [4.69, 9.17) is 5.26 Å². The Balaban J connectivity index is 1.69. The maximum Gasteiger partial charge on any atom is 0.573 e. The van der Waals surface area contributed by atoms with Crippen molar-refractivity contribution in [1.29, 1.82) is 5.26 Å². The highest BCUT2D eigenvalue weighted by molar-refractivity contribution is 7.10. The molecule has 0 aliphatic carbocycles. The third kappa shape index (κ3) is 4.63. The molecular weight excluding hydrogens is 441 g/mol. The van der Waals surface area contributed by atoms with E-state index in [0.29, 0.717) is 27.5 Å². The van der Waals surface area contributed by atoms with Crippen LogP contribution in [0, 0.1) is 11.3 Å². The van der Waals surface area contributed by atoms with Gasteiger partial charge in [-0.2, -0.15) is 5.26 Å². The number of carbonyl (C=O) groups excluding carboxylic acids is 1. The van der Waals surface area contributed by atoms with Crippen LogP contribution in [0.1, 0.15) is 35.0 Å². The predicted octanol–water partition coefficient (Wildman–Crippen LogP) is 5.59. The van der Waals surface area contributed by atoms with Crippen LogP contribution in [-0.4, -0.2) is 23.1 Å². The Labute approximate surface area is 185 Å². The van der Waals surface area contributed by atoms with Gasteiger partial charge in [-0.1, -0.05) is 24.3 Å². The average Bonchev–Trinajstić information content (AvgIpc) is 3.22.